The van der Waals surface area contributed by atoms with Crippen LogP contribution in [0.25, 0.3) is 0 Å². The van der Waals surface area contributed by atoms with Gasteiger partial charge in [0.15, 0.2) is 0 Å². The van der Waals surface area contributed by atoms with E-state index in [1.807, 2.05) is 0 Å². The van der Waals surface area contributed by atoms with Crippen molar-refractivity contribution in [1.29, 1.82) is 0 Å². The number of anilines is 2. The first-order valence-corrected chi connectivity index (χ1v) is 12.5. The number of nitrogens with one attached hydrogen (secondary N) is 1. The average Bonchev–Trinajstić information content (AvgIpc) is 2.89. The Morgan fingerprint density at radius 3 is 1.77 bits per heavy atom. The fraction of sp³-hybridized carbons (Fsp3) is 0.304. The van der Waals surface area contributed by atoms with Crippen molar-refractivity contribution in [3.05, 3.63) is 44.6 Å². The number of nitrogens with zero attached hydrogens (tertiary/aromatic N) is 2. The Balaban J connectivity index is 0.000000639. The van der Waals surface area contributed by atoms with Crippen LogP contribution in [0.3, 0.4) is 0 Å². The van der Waals surface area contributed by atoms with Crippen LogP contribution in [-0.2, 0) is 28.7 Å². The lowest BCUT2D eigenvalue weighted by Crippen LogP contribution is -2.16. The number of carbonyl (C=O) groups is 6. The largest absolute Gasteiger partial charge is 0.481 e. The molecule has 0 spiro atoms. The van der Waals surface area contributed by atoms with E-state index in [4.69, 9.17) is 21.1 Å². The highest BCUT2D eigenvalue weighted by Gasteiger charge is 2.15. The van der Waals surface area contributed by atoms with Gasteiger partial charge in [-0.25, -0.2) is 19.6 Å². The zero-order chi connectivity index (χ0) is 30.8. The third kappa shape index (κ3) is 15.3. The van der Waals surface area contributed by atoms with Crippen LogP contribution in [-0.4, -0.2) is 75.3 Å². The average molecular weight is 694 g/mol. The van der Waals surface area contributed by atoms with Crippen molar-refractivity contribution in [2.75, 3.05) is 25.3 Å². The molecule has 0 radical (unpaired) electrons. The summed E-state index contributed by atoms with van der Waals surface area (Å²) in [7, 11) is 2.50. The molecule has 0 fully saturated rings. The quantitative estimate of drug-likeness (QED) is 0.225. The molecule has 0 bridgehead atoms. The number of nitrogens with two attached hydrogens (primary N) is 1. The van der Waals surface area contributed by atoms with E-state index < -0.39 is 35.8 Å². The first-order valence-electron chi connectivity index (χ1n) is 10.9. The zero-order valence-corrected chi connectivity index (χ0v) is 24.4. The predicted octanol–water partition coefficient (Wildman–Crippen LogP) is 2.97. The Hall–Kier alpha value is -4.12. The van der Waals surface area contributed by atoms with Crippen molar-refractivity contribution in [3.8, 4) is 0 Å². The number of amides is 1. The second-order valence-electron chi connectivity index (χ2n) is 7.19. The number of carbonyl (C=O) groups excluding carboxylic acids is 3. The molecular formula is C23H26Br2N4O11. The number of carboxylic acid groups (broad SMARTS) is 3. The Morgan fingerprint density at radius 2 is 1.30 bits per heavy atom. The van der Waals surface area contributed by atoms with E-state index in [1.165, 1.54) is 38.7 Å². The van der Waals surface area contributed by atoms with Gasteiger partial charge in [0.05, 0.1) is 27.1 Å². The van der Waals surface area contributed by atoms with Gasteiger partial charge >= 0.3 is 29.8 Å². The highest BCUT2D eigenvalue weighted by molar-refractivity contribution is 9.10. The van der Waals surface area contributed by atoms with Gasteiger partial charge in [-0.1, -0.05) is 0 Å². The number of hydrogen-bond acceptors (Lipinski definition) is 11. The van der Waals surface area contributed by atoms with Crippen molar-refractivity contribution >= 4 is 79.2 Å². The molecule has 1 amide bonds. The second kappa shape index (κ2) is 19.0. The smallest absolute Gasteiger partial charge is 0.339 e. The number of nitrogen functional groups attached to an aromatic ring is 1. The number of esters is 2. The fourth-order valence-corrected chi connectivity index (χ4v) is 2.99. The van der Waals surface area contributed by atoms with Crippen molar-refractivity contribution in [3.63, 3.8) is 0 Å². The molecule has 0 aromatic carbocycles. The van der Waals surface area contributed by atoms with Crippen LogP contribution in [0.4, 0.5) is 11.6 Å². The van der Waals surface area contributed by atoms with Crippen molar-refractivity contribution in [2.45, 2.75) is 32.1 Å². The molecule has 0 saturated heterocycles. The summed E-state index contributed by atoms with van der Waals surface area (Å²) in [5, 5.41) is 28.0. The summed E-state index contributed by atoms with van der Waals surface area (Å²) in [6.07, 6.45) is 3.14. The normalized spacial score (nSPS) is 9.50. The third-order valence-corrected chi connectivity index (χ3v) is 5.11. The van der Waals surface area contributed by atoms with E-state index in [1.54, 1.807) is 0 Å². The van der Waals surface area contributed by atoms with Crippen molar-refractivity contribution < 1.29 is 53.6 Å². The van der Waals surface area contributed by atoms with Gasteiger partial charge < -0.3 is 35.8 Å². The number of methoxy groups -OCH3 is 2. The Labute approximate surface area is 244 Å². The summed E-state index contributed by atoms with van der Waals surface area (Å²) < 4.78 is 9.75. The summed E-state index contributed by atoms with van der Waals surface area (Å²) in [5.74, 6) is -4.54. The van der Waals surface area contributed by atoms with Gasteiger partial charge in [0.25, 0.3) is 0 Å². The molecule has 2 aromatic heterocycles. The highest BCUT2D eigenvalue weighted by atomic mass is 79.9. The Morgan fingerprint density at radius 1 is 0.800 bits per heavy atom. The molecule has 15 nitrogen and oxygen atoms in total. The monoisotopic (exact) mass is 692 g/mol. The summed E-state index contributed by atoms with van der Waals surface area (Å²) in [6.45, 7) is 0. The number of carboxylic acids is 3. The number of ether oxygens (including phenoxy) is 2. The summed E-state index contributed by atoms with van der Waals surface area (Å²) in [5.41, 5.74) is 5.18. The van der Waals surface area contributed by atoms with E-state index in [0.717, 1.165) is 0 Å². The molecule has 0 unspecified atom stereocenters. The SMILES string of the molecule is COC(=O)CCC(=O)O.COC(=O)CCCC(=O)Nc1ncc(Br)cc1C(=O)O.Nc1ncc(Br)cc1C(=O)O. The summed E-state index contributed by atoms with van der Waals surface area (Å²) >= 11 is 6.19. The minimum atomic E-state index is -1.19. The van der Waals surface area contributed by atoms with E-state index in [9.17, 15) is 28.8 Å². The van der Waals surface area contributed by atoms with Gasteiger partial charge in [-0.05, 0) is 50.4 Å². The number of pyridine rings is 2. The van der Waals surface area contributed by atoms with Crippen molar-refractivity contribution in [2.24, 2.45) is 0 Å². The Bertz CT molecular complexity index is 1230. The lowest BCUT2D eigenvalue weighted by atomic mass is 10.2. The lowest BCUT2D eigenvalue weighted by Gasteiger charge is -2.07. The molecule has 40 heavy (non-hydrogen) atoms. The molecule has 6 N–H and O–H groups in total. The first-order chi connectivity index (χ1) is 18.7. The number of rotatable bonds is 10. The third-order valence-electron chi connectivity index (χ3n) is 4.24. The number of aromatic nitrogens is 2. The number of aliphatic carboxylic acids is 1. The molecule has 0 saturated carbocycles. The maximum atomic E-state index is 11.6. The summed E-state index contributed by atoms with van der Waals surface area (Å²) in [4.78, 5) is 71.5. The molecule has 2 rings (SSSR count). The minimum absolute atomic E-state index is 0.0133. The number of aromatic carboxylic acids is 2. The Kier molecular flexibility index (Phi) is 17.1. The standard InChI is InChI=1S/C12H13BrN2O5.C6H5BrN2O2.C5H8O4/c1-20-10(17)4-2-3-9(16)15-11-8(12(18)19)5-7(13)6-14-11;7-3-1-4(6(10)11)5(8)9-2-3;1-9-5(8)3-2-4(6)7/h5-6H,2-4H2,1H3,(H,18,19)(H,14,15,16);1-2H,(H2,8,9)(H,10,11);2-3H2,1H3,(H,6,7). The van der Waals surface area contributed by atoms with Crippen LogP contribution in [0.1, 0.15) is 52.8 Å². The topological polar surface area (TPSA) is 245 Å². The van der Waals surface area contributed by atoms with E-state index in [0.29, 0.717) is 15.4 Å². The molecule has 2 aromatic rings. The van der Waals surface area contributed by atoms with Gasteiger partial charge in [0, 0.05) is 34.2 Å². The van der Waals surface area contributed by atoms with Gasteiger partial charge in [-0.2, -0.15) is 0 Å². The first kappa shape index (κ1) is 35.9. The minimum Gasteiger partial charge on any atom is -0.481 e. The van der Waals surface area contributed by atoms with Crippen LogP contribution in [0.2, 0.25) is 0 Å². The molecule has 0 aliphatic heterocycles. The fourth-order valence-electron chi connectivity index (χ4n) is 2.32. The molecule has 2 heterocycles. The van der Waals surface area contributed by atoms with Crippen LogP contribution in [0, 0.1) is 0 Å². The zero-order valence-electron chi connectivity index (χ0n) is 21.2. The molecular weight excluding hydrogens is 668 g/mol. The van der Waals surface area contributed by atoms with Gasteiger partial charge in [0.1, 0.15) is 22.8 Å². The van der Waals surface area contributed by atoms with Crippen LogP contribution in [0.5, 0.6) is 0 Å². The van der Waals surface area contributed by atoms with Crippen LogP contribution in [0.15, 0.2) is 33.5 Å². The number of hydrogen-bond donors (Lipinski definition) is 5. The number of halogens is 2. The predicted molar refractivity (Wildman–Crippen MR) is 146 cm³/mol. The van der Waals surface area contributed by atoms with Crippen LogP contribution >= 0.6 is 31.9 Å². The van der Waals surface area contributed by atoms with Gasteiger partial charge in [-0.3, -0.25) is 19.2 Å². The van der Waals surface area contributed by atoms with Crippen molar-refractivity contribution in [1.82, 2.24) is 9.97 Å². The molecule has 218 valence electrons. The van der Waals surface area contributed by atoms with E-state index in [2.05, 4.69) is 56.6 Å². The van der Waals surface area contributed by atoms with Gasteiger partial charge in [-0.15, -0.1) is 0 Å². The van der Waals surface area contributed by atoms with E-state index in [-0.39, 0.29) is 48.4 Å². The molecule has 0 aliphatic carbocycles. The highest BCUT2D eigenvalue weighted by Crippen LogP contribution is 2.18. The molecule has 17 heteroatoms. The van der Waals surface area contributed by atoms with Crippen LogP contribution < -0.4 is 11.1 Å². The maximum absolute atomic E-state index is 11.6. The lowest BCUT2D eigenvalue weighted by molar-refractivity contribution is -0.145. The second-order valence-corrected chi connectivity index (χ2v) is 9.03. The van der Waals surface area contributed by atoms with E-state index >= 15 is 0 Å². The van der Waals surface area contributed by atoms with Gasteiger partial charge in [0.2, 0.25) is 5.91 Å². The summed E-state index contributed by atoms with van der Waals surface area (Å²) in [6, 6.07) is 2.75. The molecule has 0 aliphatic rings. The molecule has 0 atom stereocenters. The maximum Gasteiger partial charge on any atom is 0.339 e.